The average molecular weight is 299 g/mol. The molecule has 0 spiro atoms. The van der Waals surface area contributed by atoms with Crippen molar-refractivity contribution in [2.24, 2.45) is 0 Å². The summed E-state index contributed by atoms with van der Waals surface area (Å²) in [6.07, 6.45) is -1.01. The van der Waals surface area contributed by atoms with Crippen LogP contribution >= 0.6 is 0 Å². The van der Waals surface area contributed by atoms with E-state index < -0.39 is 18.1 Å². The van der Waals surface area contributed by atoms with Crippen LogP contribution in [0.4, 0.5) is 0 Å². The van der Waals surface area contributed by atoms with Gasteiger partial charge < -0.3 is 24.4 Å². The first-order valence-corrected chi connectivity index (χ1v) is 6.37. The molecule has 1 aromatic rings. The first-order chi connectivity index (χ1) is 9.94. The van der Waals surface area contributed by atoms with Gasteiger partial charge in [-0.15, -0.1) is 0 Å². The van der Waals surface area contributed by atoms with Gasteiger partial charge in [0.05, 0.1) is 27.4 Å². The fourth-order valence-electron chi connectivity index (χ4n) is 1.93. The van der Waals surface area contributed by atoms with Gasteiger partial charge >= 0.3 is 5.97 Å². The zero-order valence-corrected chi connectivity index (χ0v) is 12.5. The predicted molar refractivity (Wildman–Crippen MR) is 76.0 cm³/mol. The smallest absolute Gasteiger partial charge is 0.323 e. The van der Waals surface area contributed by atoms with Gasteiger partial charge in [0.25, 0.3) is 0 Å². The Hall–Kier alpha value is -1.99. The molecule has 0 aliphatic rings. The molecular weight excluding hydrogens is 278 g/mol. The van der Waals surface area contributed by atoms with Crippen molar-refractivity contribution in [1.82, 2.24) is 5.32 Å². The van der Waals surface area contributed by atoms with Gasteiger partial charge in [0, 0.05) is 6.54 Å². The number of hydrogen-bond acceptors (Lipinski definition) is 6. The Morgan fingerprint density at radius 3 is 2.05 bits per heavy atom. The molecule has 0 amide bonds. The molecule has 1 rings (SSSR count). The van der Waals surface area contributed by atoms with Crippen molar-refractivity contribution in [1.29, 1.82) is 0 Å². The summed E-state index contributed by atoms with van der Waals surface area (Å²) in [6.45, 7) is 1.65. The van der Waals surface area contributed by atoms with Crippen LogP contribution in [0, 0.1) is 0 Å². The second-order valence-corrected chi connectivity index (χ2v) is 4.47. The number of nitrogens with one attached hydrogen (secondary N) is 1. The number of aliphatic hydroxyl groups is 1. The maximum absolute atomic E-state index is 11.0. The second kappa shape index (κ2) is 7.70. The van der Waals surface area contributed by atoms with Crippen LogP contribution in [0.1, 0.15) is 12.5 Å². The van der Waals surface area contributed by atoms with E-state index >= 15 is 0 Å². The third kappa shape index (κ3) is 4.24. The Labute approximate surface area is 123 Å². The molecule has 0 saturated carbocycles. The molecule has 0 aliphatic heterocycles. The average Bonchev–Trinajstić information content (AvgIpc) is 2.45. The van der Waals surface area contributed by atoms with Gasteiger partial charge in [0.15, 0.2) is 11.5 Å². The lowest BCUT2D eigenvalue weighted by molar-refractivity contribution is -0.142. The zero-order valence-electron chi connectivity index (χ0n) is 12.5. The highest BCUT2D eigenvalue weighted by Crippen LogP contribution is 2.38. The van der Waals surface area contributed by atoms with Crippen molar-refractivity contribution in [3.8, 4) is 17.2 Å². The highest BCUT2D eigenvalue weighted by molar-refractivity contribution is 5.74. The normalized spacial score (nSPS) is 13.4. The molecule has 2 atom stereocenters. The van der Waals surface area contributed by atoms with Crippen molar-refractivity contribution in [2.75, 3.05) is 21.3 Å². The lowest BCUT2D eigenvalue weighted by Crippen LogP contribution is -2.44. The Morgan fingerprint density at radius 2 is 1.71 bits per heavy atom. The topological polar surface area (TPSA) is 97.3 Å². The minimum atomic E-state index is -1.11. The molecule has 0 radical (unpaired) electrons. The number of carboxylic acid groups (broad SMARTS) is 1. The van der Waals surface area contributed by atoms with Gasteiger partial charge in [-0.1, -0.05) is 0 Å². The number of aliphatic hydroxyl groups excluding tert-OH is 1. The summed E-state index contributed by atoms with van der Waals surface area (Å²) >= 11 is 0. The lowest BCUT2D eigenvalue weighted by Gasteiger charge is -2.18. The van der Waals surface area contributed by atoms with Crippen LogP contribution in [0.3, 0.4) is 0 Å². The van der Waals surface area contributed by atoms with E-state index in [2.05, 4.69) is 5.32 Å². The number of methoxy groups -OCH3 is 3. The number of hydrogen-bond donors (Lipinski definition) is 3. The first kappa shape index (κ1) is 17.1. The molecule has 118 valence electrons. The summed E-state index contributed by atoms with van der Waals surface area (Å²) in [5, 5.41) is 21.2. The molecule has 1 aromatic carbocycles. The molecule has 7 heteroatoms. The molecule has 0 aromatic heterocycles. The highest BCUT2D eigenvalue weighted by atomic mass is 16.5. The number of aliphatic carboxylic acids is 1. The molecule has 2 unspecified atom stereocenters. The van der Waals surface area contributed by atoms with E-state index in [1.165, 1.54) is 28.3 Å². The Morgan fingerprint density at radius 1 is 1.19 bits per heavy atom. The summed E-state index contributed by atoms with van der Waals surface area (Å²) in [5.41, 5.74) is 0.747. The van der Waals surface area contributed by atoms with Crippen LogP contribution in [0.5, 0.6) is 17.2 Å². The fraction of sp³-hybridized carbons (Fsp3) is 0.500. The zero-order chi connectivity index (χ0) is 16.0. The Bertz CT molecular complexity index is 463. The van der Waals surface area contributed by atoms with Gasteiger partial charge in [-0.3, -0.25) is 10.1 Å². The molecule has 0 fully saturated rings. The van der Waals surface area contributed by atoms with Crippen LogP contribution < -0.4 is 19.5 Å². The van der Waals surface area contributed by atoms with Crippen LogP contribution in [0.25, 0.3) is 0 Å². The quantitative estimate of drug-likeness (QED) is 0.648. The number of benzene rings is 1. The van der Waals surface area contributed by atoms with Crippen LogP contribution in [-0.4, -0.2) is 49.7 Å². The van der Waals surface area contributed by atoms with E-state index in [9.17, 15) is 9.90 Å². The number of carboxylic acids is 1. The van der Waals surface area contributed by atoms with Gasteiger partial charge in [-0.2, -0.15) is 0 Å². The monoisotopic (exact) mass is 299 g/mol. The van der Waals surface area contributed by atoms with E-state index in [1.807, 2.05) is 0 Å². The molecule has 0 bridgehead atoms. The summed E-state index contributed by atoms with van der Waals surface area (Å²) in [5.74, 6) is 0.321. The number of carbonyl (C=O) groups is 1. The maximum Gasteiger partial charge on any atom is 0.323 e. The van der Waals surface area contributed by atoms with Crippen molar-refractivity contribution in [3.63, 3.8) is 0 Å². The summed E-state index contributed by atoms with van der Waals surface area (Å²) < 4.78 is 15.7. The summed E-state index contributed by atoms with van der Waals surface area (Å²) in [4.78, 5) is 11.0. The van der Waals surface area contributed by atoms with Gasteiger partial charge in [-0.25, -0.2) is 0 Å². The van der Waals surface area contributed by atoms with Crippen molar-refractivity contribution in [3.05, 3.63) is 17.7 Å². The Kier molecular flexibility index (Phi) is 6.26. The summed E-state index contributed by atoms with van der Waals surface area (Å²) in [7, 11) is 4.51. The molecule has 0 heterocycles. The summed E-state index contributed by atoms with van der Waals surface area (Å²) in [6, 6.07) is 2.38. The van der Waals surface area contributed by atoms with Crippen molar-refractivity contribution in [2.45, 2.75) is 25.6 Å². The van der Waals surface area contributed by atoms with E-state index in [4.69, 9.17) is 19.3 Å². The van der Waals surface area contributed by atoms with Gasteiger partial charge in [-0.05, 0) is 24.6 Å². The number of rotatable bonds is 8. The van der Waals surface area contributed by atoms with Crippen molar-refractivity contribution < 1.29 is 29.2 Å². The lowest BCUT2D eigenvalue weighted by atomic mass is 10.1. The van der Waals surface area contributed by atoms with Crippen LogP contribution in [-0.2, 0) is 11.3 Å². The standard InChI is InChI=1S/C14H21NO6/c1-8(16)12(14(17)18)15-7-9-5-10(19-2)13(21-4)11(6-9)20-3/h5-6,8,12,15-16H,7H2,1-4H3,(H,17,18). The maximum atomic E-state index is 11.0. The van der Waals surface area contributed by atoms with Crippen LogP contribution in [0.2, 0.25) is 0 Å². The van der Waals surface area contributed by atoms with Gasteiger partial charge in [0.2, 0.25) is 5.75 Å². The minimum Gasteiger partial charge on any atom is -0.493 e. The fourth-order valence-corrected chi connectivity index (χ4v) is 1.93. The van der Waals surface area contributed by atoms with Crippen molar-refractivity contribution >= 4 is 5.97 Å². The molecule has 3 N–H and O–H groups in total. The largest absolute Gasteiger partial charge is 0.493 e. The molecular formula is C14H21NO6. The van der Waals surface area contributed by atoms with E-state index in [1.54, 1.807) is 12.1 Å². The third-order valence-electron chi connectivity index (χ3n) is 3.00. The highest BCUT2D eigenvalue weighted by Gasteiger charge is 2.22. The van der Waals surface area contributed by atoms with E-state index in [0.29, 0.717) is 17.2 Å². The SMILES string of the molecule is COc1cc(CNC(C(=O)O)C(C)O)cc(OC)c1OC. The van der Waals surface area contributed by atoms with E-state index in [-0.39, 0.29) is 6.54 Å². The van der Waals surface area contributed by atoms with Crippen LogP contribution in [0.15, 0.2) is 12.1 Å². The Balaban J connectivity index is 2.96. The van der Waals surface area contributed by atoms with Gasteiger partial charge in [0.1, 0.15) is 6.04 Å². The third-order valence-corrected chi connectivity index (χ3v) is 3.00. The molecule has 7 nitrogen and oxygen atoms in total. The predicted octanol–water partition coefficient (Wildman–Crippen LogP) is 0.636. The molecule has 0 saturated heterocycles. The minimum absolute atomic E-state index is 0.235. The molecule has 0 aliphatic carbocycles. The molecule has 21 heavy (non-hydrogen) atoms. The van der Waals surface area contributed by atoms with E-state index in [0.717, 1.165) is 5.56 Å². The number of ether oxygens (including phenoxy) is 3. The first-order valence-electron chi connectivity index (χ1n) is 6.37. The second-order valence-electron chi connectivity index (χ2n) is 4.47.